The number of nitro groups is 2. The molecule has 0 saturated heterocycles. The second-order valence-corrected chi connectivity index (χ2v) is 7.27. The summed E-state index contributed by atoms with van der Waals surface area (Å²) in [6.07, 6.45) is 1.06. The molecule has 2 amide bonds. The molecular weight excluding hydrogens is 490 g/mol. The number of carbonyl (C=O) groups excluding carboxylic acids is 2. The van der Waals surface area contributed by atoms with Gasteiger partial charge in [-0.05, 0) is 29.8 Å². The summed E-state index contributed by atoms with van der Waals surface area (Å²) in [6, 6.07) is 10.5. The maximum atomic E-state index is 14.0. The van der Waals surface area contributed by atoms with Gasteiger partial charge in [0.2, 0.25) is 0 Å². The zero-order valence-electron chi connectivity index (χ0n) is 17.3. The van der Waals surface area contributed by atoms with Gasteiger partial charge in [-0.3, -0.25) is 29.8 Å². The third-order valence-electron chi connectivity index (χ3n) is 4.47. The highest BCUT2D eigenvalue weighted by molar-refractivity contribution is 6.34. The van der Waals surface area contributed by atoms with Crippen LogP contribution in [0.5, 0.6) is 0 Å². The second kappa shape index (κ2) is 10.5. The molecule has 35 heavy (non-hydrogen) atoms. The molecule has 0 aliphatic rings. The highest BCUT2D eigenvalue weighted by Crippen LogP contribution is 2.23. The largest absolute Gasteiger partial charge is 0.318 e. The smallest absolute Gasteiger partial charge is 0.272 e. The van der Waals surface area contributed by atoms with Crippen LogP contribution in [-0.2, 0) is 4.79 Å². The van der Waals surface area contributed by atoms with Crippen LogP contribution in [-0.4, -0.2) is 21.7 Å². The van der Waals surface area contributed by atoms with E-state index in [0.717, 1.165) is 42.5 Å². The lowest BCUT2D eigenvalue weighted by atomic mass is 10.1. The van der Waals surface area contributed by atoms with Gasteiger partial charge in [0.15, 0.2) is 0 Å². The third kappa shape index (κ3) is 6.21. The first-order valence-corrected chi connectivity index (χ1v) is 9.91. The molecule has 0 heterocycles. The highest BCUT2D eigenvalue weighted by Gasteiger charge is 2.21. The average molecular weight is 503 g/mol. The Morgan fingerprint density at radius 2 is 1.60 bits per heavy atom. The number of nitrogens with one attached hydrogen (secondary N) is 2. The summed E-state index contributed by atoms with van der Waals surface area (Å²) in [6.45, 7) is 0. The Morgan fingerprint density at radius 1 is 0.914 bits per heavy atom. The van der Waals surface area contributed by atoms with Crippen molar-refractivity contribution in [2.45, 2.75) is 0 Å². The molecule has 3 aromatic rings. The molecule has 2 N–H and O–H groups in total. The topological polar surface area (TPSA) is 144 Å². The second-order valence-electron chi connectivity index (χ2n) is 6.86. The molecule has 0 fully saturated rings. The van der Waals surface area contributed by atoms with Gasteiger partial charge in [0.1, 0.15) is 17.3 Å². The summed E-state index contributed by atoms with van der Waals surface area (Å²) in [4.78, 5) is 46.4. The lowest BCUT2D eigenvalue weighted by Gasteiger charge is -2.12. The van der Waals surface area contributed by atoms with Gasteiger partial charge in [0.05, 0.1) is 26.1 Å². The van der Waals surface area contributed by atoms with Crippen LogP contribution in [0.1, 0.15) is 15.9 Å². The number of hydrogen-bond donors (Lipinski definition) is 2. The summed E-state index contributed by atoms with van der Waals surface area (Å²) in [5.74, 6) is -4.08. The zero-order valence-corrected chi connectivity index (χ0v) is 18.1. The fourth-order valence-corrected chi connectivity index (χ4v) is 3.03. The lowest BCUT2D eigenvalue weighted by Crippen LogP contribution is -2.31. The standard InChI is InChI=1S/C22H13ClF2N4O6/c23-17-6-5-15(29(34)35)11-16(17)21(30)27-20(9-12-2-1-3-14(8-12)28(32)33)22(31)26-19-7-4-13(24)10-18(19)25/h1-11H,(H,26,31)(H,27,30). The molecule has 0 unspecified atom stereocenters. The van der Waals surface area contributed by atoms with E-state index in [4.69, 9.17) is 11.6 Å². The number of nitro benzene ring substituents is 2. The fraction of sp³-hybridized carbons (Fsp3) is 0. The first kappa shape index (κ1) is 24.9. The van der Waals surface area contributed by atoms with Crippen LogP contribution >= 0.6 is 11.6 Å². The minimum Gasteiger partial charge on any atom is -0.318 e. The Hall–Kier alpha value is -4.71. The number of nitrogens with zero attached hydrogens (tertiary/aromatic N) is 2. The first-order valence-electron chi connectivity index (χ1n) is 9.53. The maximum Gasteiger partial charge on any atom is 0.272 e. The predicted octanol–water partition coefficient (Wildman–Crippen LogP) is 4.84. The number of amides is 2. The molecule has 178 valence electrons. The van der Waals surface area contributed by atoms with Crippen molar-refractivity contribution in [2.24, 2.45) is 0 Å². The van der Waals surface area contributed by atoms with Gasteiger partial charge < -0.3 is 10.6 Å². The minimum atomic E-state index is -1.10. The number of hydrogen-bond acceptors (Lipinski definition) is 6. The van der Waals surface area contributed by atoms with E-state index >= 15 is 0 Å². The molecule has 0 spiro atoms. The molecule has 0 bridgehead atoms. The number of carbonyl (C=O) groups is 2. The van der Waals surface area contributed by atoms with Gasteiger partial charge in [-0.1, -0.05) is 23.7 Å². The zero-order chi connectivity index (χ0) is 25.7. The van der Waals surface area contributed by atoms with E-state index < -0.39 is 50.4 Å². The van der Waals surface area contributed by atoms with Gasteiger partial charge in [-0.25, -0.2) is 8.78 Å². The Morgan fingerprint density at radius 3 is 2.26 bits per heavy atom. The number of rotatable bonds is 7. The Kier molecular flexibility index (Phi) is 7.46. The highest BCUT2D eigenvalue weighted by atomic mass is 35.5. The molecule has 0 aromatic heterocycles. The molecule has 0 aliphatic carbocycles. The number of halogens is 3. The third-order valence-corrected chi connectivity index (χ3v) is 4.80. The summed E-state index contributed by atoms with van der Waals surface area (Å²) >= 11 is 5.98. The summed E-state index contributed by atoms with van der Waals surface area (Å²) in [5, 5.41) is 26.3. The van der Waals surface area contributed by atoms with Crippen molar-refractivity contribution in [2.75, 3.05) is 5.32 Å². The van der Waals surface area contributed by atoms with Crippen LogP contribution in [0.15, 0.2) is 66.4 Å². The van der Waals surface area contributed by atoms with Crippen LogP contribution in [0.25, 0.3) is 6.08 Å². The molecule has 0 atom stereocenters. The van der Waals surface area contributed by atoms with Crippen LogP contribution in [0.2, 0.25) is 5.02 Å². The van der Waals surface area contributed by atoms with E-state index in [0.29, 0.717) is 6.07 Å². The van der Waals surface area contributed by atoms with Crippen molar-refractivity contribution >= 4 is 46.6 Å². The van der Waals surface area contributed by atoms with Gasteiger partial charge >= 0.3 is 0 Å². The van der Waals surface area contributed by atoms with Crippen molar-refractivity contribution in [3.05, 3.63) is 114 Å². The normalized spacial score (nSPS) is 11.0. The summed E-state index contributed by atoms with van der Waals surface area (Å²) in [7, 11) is 0. The minimum absolute atomic E-state index is 0.120. The van der Waals surface area contributed by atoms with Gasteiger partial charge in [-0.15, -0.1) is 0 Å². The van der Waals surface area contributed by atoms with Crippen molar-refractivity contribution in [1.29, 1.82) is 0 Å². The molecule has 0 radical (unpaired) electrons. The van der Waals surface area contributed by atoms with Gasteiger partial charge in [-0.2, -0.15) is 0 Å². The fourth-order valence-electron chi connectivity index (χ4n) is 2.82. The SMILES string of the molecule is O=C(Nc1ccc(F)cc1F)C(=Cc1cccc([N+](=O)[O-])c1)NC(=O)c1cc([N+](=O)[O-])ccc1Cl. The Bertz CT molecular complexity index is 1400. The van der Waals surface area contributed by atoms with E-state index in [1.807, 2.05) is 0 Å². The van der Waals surface area contributed by atoms with Crippen molar-refractivity contribution in [3.63, 3.8) is 0 Å². The molecular formula is C22H13ClF2N4O6. The van der Waals surface area contributed by atoms with E-state index in [2.05, 4.69) is 10.6 Å². The van der Waals surface area contributed by atoms with Crippen molar-refractivity contribution in [3.8, 4) is 0 Å². The molecule has 3 aromatic carbocycles. The van der Waals surface area contributed by atoms with Crippen molar-refractivity contribution < 1.29 is 28.2 Å². The monoisotopic (exact) mass is 502 g/mol. The Balaban J connectivity index is 2.01. The van der Waals surface area contributed by atoms with Gasteiger partial charge in [0, 0.05) is 30.3 Å². The number of benzene rings is 3. The van der Waals surface area contributed by atoms with Crippen LogP contribution < -0.4 is 10.6 Å². The Labute approximate surface area is 200 Å². The van der Waals surface area contributed by atoms with Crippen LogP contribution in [0.4, 0.5) is 25.8 Å². The number of non-ortho nitro benzene ring substituents is 2. The average Bonchev–Trinajstić information content (AvgIpc) is 2.80. The summed E-state index contributed by atoms with van der Waals surface area (Å²) < 4.78 is 27.2. The molecule has 3 rings (SSSR count). The van der Waals surface area contributed by atoms with Gasteiger partial charge in [0.25, 0.3) is 23.2 Å². The van der Waals surface area contributed by atoms with E-state index in [1.54, 1.807) is 0 Å². The predicted molar refractivity (Wildman–Crippen MR) is 122 cm³/mol. The molecule has 10 nitrogen and oxygen atoms in total. The van der Waals surface area contributed by atoms with Crippen LogP contribution in [0.3, 0.4) is 0 Å². The molecule has 0 saturated carbocycles. The van der Waals surface area contributed by atoms with Crippen molar-refractivity contribution in [1.82, 2.24) is 5.32 Å². The van der Waals surface area contributed by atoms with Crippen LogP contribution in [0, 0.1) is 31.9 Å². The first-order chi connectivity index (χ1) is 16.5. The lowest BCUT2D eigenvalue weighted by molar-refractivity contribution is -0.385. The summed E-state index contributed by atoms with van der Waals surface area (Å²) in [5.41, 5.74) is -1.90. The number of anilines is 1. The van der Waals surface area contributed by atoms with E-state index in [1.165, 1.54) is 18.2 Å². The quantitative estimate of drug-likeness (QED) is 0.268. The maximum absolute atomic E-state index is 14.0. The molecule has 13 heteroatoms. The van der Waals surface area contributed by atoms with E-state index in [-0.39, 0.29) is 21.8 Å². The van der Waals surface area contributed by atoms with E-state index in [9.17, 15) is 38.6 Å². The molecule has 0 aliphatic heterocycles.